The molecule has 0 fully saturated rings. The molecule has 0 aliphatic rings. The summed E-state index contributed by atoms with van der Waals surface area (Å²) in [5.41, 5.74) is 2.98. The number of carbonyl (C=O) groups is 1. The second-order valence-corrected chi connectivity index (χ2v) is 6.90. The van der Waals surface area contributed by atoms with Gasteiger partial charge in [-0.25, -0.2) is 4.98 Å². The highest BCUT2D eigenvalue weighted by Crippen LogP contribution is 2.20. The molecule has 0 spiro atoms. The van der Waals surface area contributed by atoms with Crippen LogP contribution in [-0.4, -0.2) is 15.3 Å². The Morgan fingerprint density at radius 1 is 1.07 bits per heavy atom. The first-order valence-corrected chi connectivity index (χ1v) is 9.19. The molecular formula is C21H16BrN3O2. The third-order valence-corrected chi connectivity index (χ3v) is 4.47. The first kappa shape index (κ1) is 17.3. The van der Waals surface area contributed by atoms with Crippen LogP contribution in [0.5, 0.6) is 5.75 Å². The molecule has 5 nitrogen and oxygen atoms in total. The maximum atomic E-state index is 12.4. The van der Waals surface area contributed by atoms with Crippen molar-refractivity contribution in [3.8, 4) is 5.75 Å². The molecule has 0 aliphatic carbocycles. The summed E-state index contributed by atoms with van der Waals surface area (Å²) in [5.74, 6) is 0.493. The third-order valence-electron chi connectivity index (χ3n) is 3.98. The van der Waals surface area contributed by atoms with Gasteiger partial charge >= 0.3 is 0 Å². The highest BCUT2D eigenvalue weighted by atomic mass is 79.9. The minimum Gasteiger partial charge on any atom is -0.487 e. The molecule has 2 aromatic heterocycles. The quantitative estimate of drug-likeness (QED) is 0.496. The van der Waals surface area contributed by atoms with Gasteiger partial charge < -0.3 is 14.5 Å². The van der Waals surface area contributed by atoms with Crippen molar-refractivity contribution in [1.29, 1.82) is 0 Å². The predicted octanol–water partition coefficient (Wildman–Crippen LogP) is 4.93. The van der Waals surface area contributed by atoms with Gasteiger partial charge in [0.05, 0.1) is 5.69 Å². The van der Waals surface area contributed by atoms with Gasteiger partial charge in [-0.2, -0.15) is 0 Å². The number of anilines is 1. The second kappa shape index (κ2) is 7.63. The molecule has 134 valence electrons. The molecule has 0 saturated carbocycles. The van der Waals surface area contributed by atoms with E-state index in [2.05, 4.69) is 26.2 Å². The van der Waals surface area contributed by atoms with Crippen LogP contribution in [0.15, 0.2) is 83.6 Å². The average molecular weight is 422 g/mol. The van der Waals surface area contributed by atoms with Crippen LogP contribution in [0.25, 0.3) is 5.65 Å². The lowest BCUT2D eigenvalue weighted by atomic mass is 10.2. The summed E-state index contributed by atoms with van der Waals surface area (Å²) in [6.45, 7) is 0.352. The molecule has 1 amide bonds. The van der Waals surface area contributed by atoms with Crippen LogP contribution in [0, 0.1) is 0 Å². The molecule has 0 bridgehead atoms. The minimum atomic E-state index is -0.172. The van der Waals surface area contributed by atoms with Crippen LogP contribution in [0.4, 0.5) is 5.69 Å². The monoisotopic (exact) mass is 421 g/mol. The molecule has 4 rings (SSSR count). The normalized spacial score (nSPS) is 10.7. The van der Waals surface area contributed by atoms with Gasteiger partial charge in [0.15, 0.2) is 0 Å². The lowest BCUT2D eigenvalue weighted by molar-refractivity contribution is 0.102. The van der Waals surface area contributed by atoms with Crippen LogP contribution in [0.1, 0.15) is 16.1 Å². The summed E-state index contributed by atoms with van der Waals surface area (Å²) < 4.78 is 8.65. The predicted molar refractivity (Wildman–Crippen MR) is 108 cm³/mol. The maximum Gasteiger partial charge on any atom is 0.255 e. The second-order valence-electron chi connectivity index (χ2n) is 5.98. The van der Waals surface area contributed by atoms with Gasteiger partial charge in [-0.1, -0.05) is 34.1 Å². The van der Waals surface area contributed by atoms with Crippen molar-refractivity contribution in [2.75, 3.05) is 5.32 Å². The Balaban J connectivity index is 1.43. The van der Waals surface area contributed by atoms with E-state index in [1.807, 2.05) is 65.3 Å². The number of aromatic nitrogens is 2. The van der Waals surface area contributed by atoms with Gasteiger partial charge in [0, 0.05) is 34.2 Å². The Morgan fingerprint density at radius 2 is 1.96 bits per heavy atom. The molecule has 0 aliphatic heterocycles. The highest BCUT2D eigenvalue weighted by molar-refractivity contribution is 9.10. The van der Waals surface area contributed by atoms with Gasteiger partial charge in [-0.3, -0.25) is 4.79 Å². The molecule has 0 unspecified atom stereocenters. The van der Waals surface area contributed by atoms with Crippen molar-refractivity contribution < 1.29 is 9.53 Å². The van der Waals surface area contributed by atoms with E-state index < -0.39 is 0 Å². The zero-order valence-electron chi connectivity index (χ0n) is 14.3. The number of hydrogen-bond acceptors (Lipinski definition) is 3. The summed E-state index contributed by atoms with van der Waals surface area (Å²) in [5, 5.41) is 2.89. The summed E-state index contributed by atoms with van der Waals surface area (Å²) in [6, 6.07) is 20.4. The standard InChI is InChI=1S/C21H16BrN3O2/c22-16-6-3-5-15(11-16)21(26)24-17-7-4-8-19(12-17)27-14-18-13-25-10-2-1-9-20(25)23-18/h1-13H,14H2,(H,24,26). The number of fused-ring (bicyclic) bond motifs is 1. The maximum absolute atomic E-state index is 12.4. The molecular weight excluding hydrogens is 406 g/mol. The number of nitrogens with one attached hydrogen (secondary N) is 1. The minimum absolute atomic E-state index is 0.172. The van der Waals surface area contributed by atoms with Crippen molar-refractivity contribution in [2.24, 2.45) is 0 Å². The van der Waals surface area contributed by atoms with Crippen LogP contribution >= 0.6 is 15.9 Å². The molecule has 0 atom stereocenters. The Morgan fingerprint density at radius 3 is 2.81 bits per heavy atom. The molecule has 27 heavy (non-hydrogen) atoms. The lowest BCUT2D eigenvalue weighted by Gasteiger charge is -2.09. The van der Waals surface area contributed by atoms with Crippen molar-refractivity contribution in [2.45, 2.75) is 6.61 Å². The molecule has 0 radical (unpaired) electrons. The lowest BCUT2D eigenvalue weighted by Crippen LogP contribution is -2.11. The van der Waals surface area contributed by atoms with E-state index >= 15 is 0 Å². The summed E-state index contributed by atoms with van der Waals surface area (Å²) in [6.07, 6.45) is 3.89. The fourth-order valence-electron chi connectivity index (χ4n) is 2.71. The largest absolute Gasteiger partial charge is 0.487 e. The van der Waals surface area contributed by atoms with Gasteiger partial charge in [0.25, 0.3) is 5.91 Å². The number of hydrogen-bond donors (Lipinski definition) is 1. The fraction of sp³-hybridized carbons (Fsp3) is 0.0476. The van der Waals surface area contributed by atoms with Crippen molar-refractivity contribution in [3.63, 3.8) is 0 Å². The zero-order chi connectivity index (χ0) is 18.6. The van der Waals surface area contributed by atoms with Gasteiger partial charge in [0.1, 0.15) is 18.0 Å². The third kappa shape index (κ3) is 4.17. The molecule has 4 aromatic rings. The number of nitrogens with zero attached hydrogens (tertiary/aromatic N) is 2. The first-order valence-electron chi connectivity index (χ1n) is 8.40. The molecule has 1 N–H and O–H groups in total. The highest BCUT2D eigenvalue weighted by Gasteiger charge is 2.08. The van der Waals surface area contributed by atoms with E-state index in [0.29, 0.717) is 23.6 Å². The smallest absolute Gasteiger partial charge is 0.255 e. The molecule has 2 heterocycles. The van der Waals surface area contributed by atoms with Gasteiger partial charge in [-0.05, 0) is 42.5 Å². The summed E-state index contributed by atoms with van der Waals surface area (Å²) in [7, 11) is 0. The van der Waals surface area contributed by atoms with E-state index in [4.69, 9.17) is 4.74 Å². The Bertz CT molecular complexity index is 1070. The molecule has 0 saturated heterocycles. The van der Waals surface area contributed by atoms with E-state index in [1.54, 1.807) is 18.2 Å². The number of benzene rings is 2. The number of imidazole rings is 1. The van der Waals surface area contributed by atoms with Crippen LogP contribution in [0.3, 0.4) is 0 Å². The number of rotatable bonds is 5. The van der Waals surface area contributed by atoms with Gasteiger partial charge in [0.2, 0.25) is 0 Å². The summed E-state index contributed by atoms with van der Waals surface area (Å²) in [4.78, 5) is 16.9. The SMILES string of the molecule is O=C(Nc1cccc(OCc2cn3ccccc3n2)c1)c1cccc(Br)c1. The summed E-state index contributed by atoms with van der Waals surface area (Å²) >= 11 is 3.38. The Kier molecular flexibility index (Phi) is 4.89. The first-order chi connectivity index (χ1) is 13.2. The van der Waals surface area contributed by atoms with Crippen molar-refractivity contribution in [3.05, 3.63) is 94.9 Å². The Labute approximate surface area is 164 Å². The number of pyridine rings is 1. The topological polar surface area (TPSA) is 55.6 Å². The number of carbonyl (C=O) groups excluding carboxylic acids is 1. The van der Waals surface area contributed by atoms with E-state index in [1.165, 1.54) is 0 Å². The molecule has 6 heteroatoms. The van der Waals surface area contributed by atoms with Crippen LogP contribution in [0.2, 0.25) is 0 Å². The average Bonchev–Trinajstić information content (AvgIpc) is 3.10. The Hall–Kier alpha value is -3.12. The van der Waals surface area contributed by atoms with E-state index in [0.717, 1.165) is 15.8 Å². The zero-order valence-corrected chi connectivity index (χ0v) is 15.9. The fourth-order valence-corrected chi connectivity index (χ4v) is 3.11. The van der Waals surface area contributed by atoms with E-state index in [-0.39, 0.29) is 5.91 Å². The van der Waals surface area contributed by atoms with Crippen molar-refractivity contribution in [1.82, 2.24) is 9.38 Å². The van der Waals surface area contributed by atoms with Crippen LogP contribution < -0.4 is 10.1 Å². The number of ether oxygens (including phenoxy) is 1. The number of halogens is 1. The van der Waals surface area contributed by atoms with Crippen LogP contribution in [-0.2, 0) is 6.61 Å². The van der Waals surface area contributed by atoms with Gasteiger partial charge in [-0.15, -0.1) is 0 Å². The van der Waals surface area contributed by atoms with E-state index in [9.17, 15) is 4.79 Å². The number of amides is 1. The van der Waals surface area contributed by atoms with Crippen molar-refractivity contribution >= 4 is 33.2 Å². The molecule has 2 aromatic carbocycles.